The van der Waals surface area contributed by atoms with E-state index < -0.39 is 60.0 Å². The highest BCUT2D eigenvalue weighted by atomic mass is 19.4. The highest BCUT2D eigenvalue weighted by molar-refractivity contribution is 6.54. The largest absolute Gasteiger partial charge is 0.475 e. The number of carbonyl (C=O) groups is 1. The van der Waals surface area contributed by atoms with Crippen molar-refractivity contribution < 1.29 is 35.9 Å². The lowest BCUT2D eigenvalue weighted by Crippen LogP contribution is -2.58. The van der Waals surface area contributed by atoms with Gasteiger partial charge >= 0.3 is 6.18 Å². The van der Waals surface area contributed by atoms with Crippen LogP contribution in [-0.4, -0.2) is 53.7 Å². The van der Waals surface area contributed by atoms with Gasteiger partial charge < -0.3 is 15.0 Å². The van der Waals surface area contributed by atoms with Crippen molar-refractivity contribution in [1.29, 1.82) is 5.41 Å². The van der Waals surface area contributed by atoms with Crippen LogP contribution in [0.5, 0.6) is 5.88 Å². The van der Waals surface area contributed by atoms with Gasteiger partial charge in [-0.3, -0.25) is 10.2 Å². The third-order valence-electron chi connectivity index (χ3n) is 5.73. The molecule has 1 amide bonds. The summed E-state index contributed by atoms with van der Waals surface area (Å²) in [4.78, 5) is 17.7. The van der Waals surface area contributed by atoms with Crippen LogP contribution in [0, 0.1) is 17.1 Å². The Bertz CT molecular complexity index is 1120. The lowest BCUT2D eigenvalue weighted by atomic mass is 9.88. The summed E-state index contributed by atoms with van der Waals surface area (Å²) in [7, 11) is 1.52. The standard InChI is InChI=1S/C24H24F6N4O2/c1-14-9-23(26,27)13-34(19(14)12-36-20-8-5-16(10-33-20)24(28,29)30)22(35)21(31)18(11-32-2)15-3-6-17(25)7-4-15/h3-8,10-11,14,19,31-32H,9,12-13H2,1-2H3/b18-11-,31-21?/t14-,19?/m1/s1. The summed E-state index contributed by atoms with van der Waals surface area (Å²) in [5.41, 5.74) is -1.19. The Balaban J connectivity index is 1.84. The molecule has 2 atom stereocenters. The molecule has 194 valence electrons. The maximum atomic E-state index is 14.4. The van der Waals surface area contributed by atoms with Crippen molar-refractivity contribution in [3.63, 3.8) is 0 Å². The second-order valence-electron chi connectivity index (χ2n) is 8.46. The summed E-state index contributed by atoms with van der Waals surface area (Å²) in [6, 6.07) is 5.85. The highest BCUT2D eigenvalue weighted by Crippen LogP contribution is 2.35. The smallest absolute Gasteiger partial charge is 0.417 e. The number of nitrogens with zero attached hydrogens (tertiary/aromatic N) is 2. The van der Waals surface area contributed by atoms with Crippen LogP contribution in [0.25, 0.3) is 5.57 Å². The molecule has 36 heavy (non-hydrogen) atoms. The number of nitrogens with one attached hydrogen (secondary N) is 2. The molecule has 0 spiro atoms. The van der Waals surface area contributed by atoms with E-state index in [4.69, 9.17) is 10.1 Å². The Kier molecular flexibility index (Phi) is 7.95. The molecule has 2 aromatic rings. The number of ether oxygens (including phenoxy) is 1. The van der Waals surface area contributed by atoms with Gasteiger partial charge in [0.25, 0.3) is 11.8 Å². The van der Waals surface area contributed by atoms with Crippen molar-refractivity contribution >= 4 is 17.2 Å². The summed E-state index contributed by atoms with van der Waals surface area (Å²) >= 11 is 0. The minimum atomic E-state index is -4.58. The van der Waals surface area contributed by atoms with E-state index in [1.165, 1.54) is 32.3 Å². The fourth-order valence-corrected chi connectivity index (χ4v) is 3.96. The quantitative estimate of drug-likeness (QED) is 0.412. The third-order valence-corrected chi connectivity index (χ3v) is 5.73. The summed E-state index contributed by atoms with van der Waals surface area (Å²) in [5, 5.41) is 11.1. The normalized spacial score (nSPS) is 20.1. The molecule has 12 heteroatoms. The highest BCUT2D eigenvalue weighted by Gasteiger charge is 2.47. The number of amides is 1. The molecular weight excluding hydrogens is 490 g/mol. The van der Waals surface area contributed by atoms with Crippen molar-refractivity contribution in [2.75, 3.05) is 20.2 Å². The van der Waals surface area contributed by atoms with E-state index in [1.807, 2.05) is 0 Å². The summed E-state index contributed by atoms with van der Waals surface area (Å²) in [6.07, 6.45) is -3.21. The van der Waals surface area contributed by atoms with Crippen LogP contribution >= 0.6 is 0 Å². The molecular formula is C24H24F6N4O2. The number of piperidine rings is 1. The first-order chi connectivity index (χ1) is 16.8. The first-order valence-corrected chi connectivity index (χ1v) is 10.9. The monoisotopic (exact) mass is 514 g/mol. The Morgan fingerprint density at radius 3 is 2.47 bits per heavy atom. The van der Waals surface area contributed by atoms with E-state index in [0.29, 0.717) is 11.8 Å². The van der Waals surface area contributed by atoms with Crippen molar-refractivity contribution in [1.82, 2.24) is 15.2 Å². The summed E-state index contributed by atoms with van der Waals surface area (Å²) in [6.45, 7) is 0.203. The molecule has 0 saturated carbocycles. The molecule has 1 aromatic heterocycles. The van der Waals surface area contributed by atoms with Crippen molar-refractivity contribution in [3.05, 3.63) is 65.7 Å². The van der Waals surface area contributed by atoms with Crippen molar-refractivity contribution in [2.24, 2.45) is 5.92 Å². The first kappa shape index (κ1) is 27.0. The van der Waals surface area contributed by atoms with Crippen LogP contribution in [-0.2, 0) is 11.0 Å². The van der Waals surface area contributed by atoms with Gasteiger partial charge in [0.05, 0.1) is 18.2 Å². The molecule has 0 aliphatic carbocycles. The molecule has 1 aromatic carbocycles. The number of halogens is 6. The molecule has 2 N–H and O–H groups in total. The lowest BCUT2D eigenvalue weighted by Gasteiger charge is -2.43. The van der Waals surface area contributed by atoms with Gasteiger partial charge in [0.1, 0.15) is 18.1 Å². The zero-order valence-electron chi connectivity index (χ0n) is 19.4. The third kappa shape index (κ3) is 6.35. The van der Waals surface area contributed by atoms with Gasteiger partial charge in [0, 0.05) is 37.5 Å². The molecule has 1 fully saturated rings. The van der Waals surface area contributed by atoms with E-state index in [1.54, 1.807) is 0 Å². The van der Waals surface area contributed by atoms with Crippen molar-refractivity contribution in [3.8, 4) is 5.88 Å². The molecule has 1 unspecified atom stereocenters. The minimum absolute atomic E-state index is 0.0631. The molecule has 6 nitrogen and oxygen atoms in total. The topological polar surface area (TPSA) is 78.3 Å². The molecule has 1 saturated heterocycles. The molecule has 2 heterocycles. The first-order valence-electron chi connectivity index (χ1n) is 10.9. The fourth-order valence-electron chi connectivity index (χ4n) is 3.96. The molecule has 1 aliphatic heterocycles. The number of likely N-dealkylation sites (tertiary alicyclic amines) is 1. The summed E-state index contributed by atoms with van der Waals surface area (Å²) in [5.74, 6) is -5.68. The van der Waals surface area contributed by atoms with Crippen LogP contribution in [0.3, 0.4) is 0 Å². The predicted octanol–water partition coefficient (Wildman–Crippen LogP) is 4.77. The van der Waals surface area contributed by atoms with Gasteiger partial charge in [0.15, 0.2) is 0 Å². The van der Waals surface area contributed by atoms with Crippen LogP contribution in [0.15, 0.2) is 48.8 Å². The van der Waals surface area contributed by atoms with Gasteiger partial charge in [-0.2, -0.15) is 13.2 Å². The second-order valence-corrected chi connectivity index (χ2v) is 8.46. The molecule has 0 bridgehead atoms. The average molecular weight is 514 g/mol. The number of alkyl halides is 5. The van der Waals surface area contributed by atoms with E-state index in [0.717, 1.165) is 29.2 Å². The predicted molar refractivity (Wildman–Crippen MR) is 120 cm³/mol. The van der Waals surface area contributed by atoms with E-state index in [9.17, 15) is 31.1 Å². The van der Waals surface area contributed by atoms with Crippen LogP contribution in [0.4, 0.5) is 26.3 Å². The fraction of sp³-hybridized carbons (Fsp3) is 0.375. The number of hydrogen-bond donors (Lipinski definition) is 2. The number of rotatable bonds is 7. The Morgan fingerprint density at radius 2 is 1.92 bits per heavy atom. The second kappa shape index (κ2) is 10.6. The lowest BCUT2D eigenvalue weighted by molar-refractivity contribution is -0.148. The van der Waals surface area contributed by atoms with Crippen LogP contribution < -0.4 is 10.1 Å². The number of hydrogen-bond acceptors (Lipinski definition) is 5. The number of benzene rings is 1. The Morgan fingerprint density at radius 1 is 1.25 bits per heavy atom. The number of carbonyl (C=O) groups excluding carboxylic acids is 1. The van der Waals surface area contributed by atoms with Gasteiger partial charge in [0.2, 0.25) is 5.88 Å². The van der Waals surface area contributed by atoms with Gasteiger partial charge in [-0.25, -0.2) is 18.2 Å². The van der Waals surface area contributed by atoms with E-state index in [2.05, 4.69) is 10.3 Å². The van der Waals surface area contributed by atoms with Crippen LogP contribution in [0.2, 0.25) is 0 Å². The molecule has 0 radical (unpaired) electrons. The Hall–Kier alpha value is -3.57. The van der Waals surface area contributed by atoms with E-state index >= 15 is 0 Å². The van der Waals surface area contributed by atoms with Crippen molar-refractivity contribution in [2.45, 2.75) is 31.5 Å². The number of aromatic nitrogens is 1. The molecule has 1 aliphatic rings. The minimum Gasteiger partial charge on any atom is -0.475 e. The maximum Gasteiger partial charge on any atom is 0.417 e. The van der Waals surface area contributed by atoms with Crippen LogP contribution in [0.1, 0.15) is 24.5 Å². The SMILES string of the molecule is CN/C=C(\C(=N)C(=O)N1CC(F)(F)C[C@@H](C)C1COc1ccc(C(F)(F)F)cn1)c1ccc(F)cc1. The zero-order chi connectivity index (χ0) is 26.7. The Labute approximate surface area is 203 Å². The average Bonchev–Trinajstić information content (AvgIpc) is 2.80. The summed E-state index contributed by atoms with van der Waals surface area (Å²) < 4.78 is 86.0. The van der Waals surface area contributed by atoms with E-state index in [-0.39, 0.29) is 18.1 Å². The zero-order valence-corrected chi connectivity index (χ0v) is 19.4. The number of pyridine rings is 1. The van der Waals surface area contributed by atoms with Gasteiger partial charge in [-0.05, 0) is 29.7 Å². The van der Waals surface area contributed by atoms with Gasteiger partial charge in [-0.15, -0.1) is 0 Å². The van der Waals surface area contributed by atoms with Gasteiger partial charge in [-0.1, -0.05) is 19.1 Å². The maximum absolute atomic E-state index is 14.4. The molecule has 3 rings (SSSR count).